The number of aldehydes is 1. The highest BCUT2D eigenvalue weighted by molar-refractivity contribution is 6.17. The van der Waals surface area contributed by atoms with Crippen LogP contribution >= 0.6 is 0 Å². The van der Waals surface area contributed by atoms with Gasteiger partial charge in [-0.1, -0.05) is 24.8 Å². The number of methoxy groups -OCH3 is 1. The van der Waals surface area contributed by atoms with Crippen molar-refractivity contribution in [2.24, 2.45) is 5.73 Å². The van der Waals surface area contributed by atoms with Crippen LogP contribution in [0.15, 0.2) is 69.8 Å². The molecule has 2 rings (SSSR count). The number of carbonyl (C=O) groups is 3. The van der Waals surface area contributed by atoms with Crippen LogP contribution in [-0.4, -0.2) is 100.0 Å². The number of ketones is 2. The zero-order valence-corrected chi connectivity index (χ0v) is 25.2. The molecule has 2 aliphatic rings. The first kappa shape index (κ1) is 36.0. The molecule has 1 fully saturated rings. The normalized spacial score (nSPS) is 26.2. The molecule has 0 spiro atoms. The van der Waals surface area contributed by atoms with Gasteiger partial charge in [0.1, 0.15) is 23.7 Å². The van der Waals surface area contributed by atoms with Crippen molar-refractivity contribution in [3.05, 3.63) is 69.8 Å². The lowest BCUT2D eigenvalue weighted by Crippen LogP contribution is -2.52. The van der Waals surface area contributed by atoms with Gasteiger partial charge >= 0.3 is 0 Å². The van der Waals surface area contributed by atoms with Gasteiger partial charge < -0.3 is 45.5 Å². The van der Waals surface area contributed by atoms with Crippen molar-refractivity contribution in [1.82, 2.24) is 0 Å². The SMILES string of the molecule is C=C/C=C\C(C(=O)C1=C(O)CC(C[C@@](C)(O)C(=O)CO)=C([C@H](C)OC2C[C@H](N)[C@H](O)[C@H](C)O2)C(O)=C1C=O)=C(\C)COC. The minimum absolute atomic E-state index is 0.0468. The molecule has 1 aliphatic carbocycles. The summed E-state index contributed by atoms with van der Waals surface area (Å²) in [5.41, 5.74) is 3.34. The molecule has 12 nitrogen and oxygen atoms in total. The number of allylic oxidation sites excluding steroid dienone is 7. The molecule has 1 aliphatic heterocycles. The van der Waals surface area contributed by atoms with Crippen LogP contribution in [0.25, 0.3) is 0 Å². The largest absolute Gasteiger partial charge is 0.511 e. The maximum Gasteiger partial charge on any atom is 0.197 e. The molecule has 0 aromatic rings. The number of aliphatic hydroxyl groups excluding tert-OH is 4. The Morgan fingerprint density at radius 3 is 2.49 bits per heavy atom. The minimum atomic E-state index is -2.15. The Balaban J connectivity index is 2.77. The molecule has 43 heavy (non-hydrogen) atoms. The molecule has 12 heteroatoms. The predicted octanol–water partition coefficient (Wildman–Crippen LogP) is 1.71. The number of nitrogens with two attached hydrogens (primary N) is 1. The van der Waals surface area contributed by atoms with Crippen molar-refractivity contribution < 1.29 is 54.1 Å². The fourth-order valence-corrected chi connectivity index (χ4v) is 5.14. The maximum absolute atomic E-state index is 13.9. The Labute approximate surface area is 251 Å². The third-order valence-electron chi connectivity index (χ3n) is 7.45. The van der Waals surface area contributed by atoms with Crippen LogP contribution in [0.2, 0.25) is 0 Å². The number of rotatable bonds is 14. The number of ether oxygens (including phenoxy) is 3. The molecule has 7 N–H and O–H groups in total. The number of hydrogen-bond donors (Lipinski definition) is 6. The van der Waals surface area contributed by atoms with Gasteiger partial charge in [0.25, 0.3) is 0 Å². The molecule has 1 saturated heterocycles. The van der Waals surface area contributed by atoms with E-state index in [4.69, 9.17) is 19.9 Å². The average Bonchev–Trinajstić information content (AvgIpc) is 3.03. The number of Topliss-reactive ketones (excluding diaryl/α,β-unsaturated/α-hetero) is 2. The first-order valence-electron chi connectivity index (χ1n) is 13.8. The number of aliphatic hydroxyl groups is 5. The van der Waals surface area contributed by atoms with Crippen molar-refractivity contribution in [2.45, 2.75) is 83.2 Å². The van der Waals surface area contributed by atoms with Gasteiger partial charge in [-0.15, -0.1) is 0 Å². The predicted molar refractivity (Wildman–Crippen MR) is 157 cm³/mol. The summed E-state index contributed by atoms with van der Waals surface area (Å²) in [7, 11) is 1.43. The second-order valence-corrected chi connectivity index (χ2v) is 10.9. The summed E-state index contributed by atoms with van der Waals surface area (Å²) in [5, 5.41) is 53.3. The van der Waals surface area contributed by atoms with Crippen LogP contribution in [0, 0.1) is 0 Å². The molecular weight excluding hydrogens is 562 g/mol. The summed E-state index contributed by atoms with van der Waals surface area (Å²) in [4.78, 5) is 38.7. The Hall–Kier alpha value is -3.23. The summed E-state index contributed by atoms with van der Waals surface area (Å²) in [6.07, 6.45) is 0.00595. The highest BCUT2D eigenvalue weighted by Gasteiger charge is 2.39. The van der Waals surface area contributed by atoms with E-state index in [1.807, 2.05) is 0 Å². The highest BCUT2D eigenvalue weighted by atomic mass is 16.7. The summed E-state index contributed by atoms with van der Waals surface area (Å²) in [6, 6.07) is -0.680. The molecule has 0 saturated carbocycles. The van der Waals surface area contributed by atoms with Gasteiger partial charge in [0.15, 0.2) is 24.1 Å². The monoisotopic (exact) mass is 605 g/mol. The van der Waals surface area contributed by atoms with Crippen LogP contribution in [0.1, 0.15) is 47.0 Å². The Kier molecular flexibility index (Phi) is 12.9. The fourth-order valence-electron chi connectivity index (χ4n) is 5.14. The van der Waals surface area contributed by atoms with Gasteiger partial charge in [0, 0.05) is 43.6 Å². The quantitative estimate of drug-likeness (QED) is 0.0951. The lowest BCUT2D eigenvalue weighted by Gasteiger charge is -2.37. The van der Waals surface area contributed by atoms with E-state index < -0.39 is 89.9 Å². The van der Waals surface area contributed by atoms with Crippen LogP contribution in [-0.2, 0) is 28.6 Å². The molecule has 0 radical (unpaired) electrons. The van der Waals surface area contributed by atoms with E-state index in [0.29, 0.717) is 5.57 Å². The number of hydrogen-bond acceptors (Lipinski definition) is 12. The Morgan fingerprint density at radius 1 is 1.30 bits per heavy atom. The lowest BCUT2D eigenvalue weighted by atomic mass is 9.86. The third-order valence-corrected chi connectivity index (χ3v) is 7.45. The van der Waals surface area contributed by atoms with Crippen molar-refractivity contribution in [3.8, 4) is 0 Å². The maximum atomic E-state index is 13.9. The van der Waals surface area contributed by atoms with Gasteiger partial charge in [-0.05, 0) is 38.8 Å². The van der Waals surface area contributed by atoms with Crippen molar-refractivity contribution in [3.63, 3.8) is 0 Å². The highest BCUT2D eigenvalue weighted by Crippen LogP contribution is 2.39. The first-order valence-corrected chi connectivity index (χ1v) is 13.8. The molecule has 6 atom stereocenters. The van der Waals surface area contributed by atoms with Gasteiger partial charge in [-0.3, -0.25) is 14.4 Å². The van der Waals surface area contributed by atoms with Gasteiger partial charge in [-0.25, -0.2) is 0 Å². The summed E-state index contributed by atoms with van der Waals surface area (Å²) in [6.45, 7) is 8.56. The first-order chi connectivity index (χ1) is 20.1. The van der Waals surface area contributed by atoms with E-state index in [1.165, 1.54) is 32.3 Å². The third kappa shape index (κ3) is 8.45. The number of carbonyl (C=O) groups excluding carboxylic acids is 3. The van der Waals surface area contributed by atoms with Crippen LogP contribution in [0.3, 0.4) is 0 Å². The van der Waals surface area contributed by atoms with E-state index in [-0.39, 0.29) is 36.0 Å². The van der Waals surface area contributed by atoms with Gasteiger partial charge in [0.2, 0.25) is 0 Å². The standard InChI is InChI=1S/C31H43NO11/c1-7-8-9-20(16(2)15-41-6)29(38)27-21(13-33)30(39)26(17(3)42-25-11-22(32)28(37)18(4)43-25)19(10-23(27)35)12-31(5,40)24(36)14-34/h7-9,13,17-18,22,25,28,34-35,37,39-40H,1,10-12,14-15,32H2,2-6H3/b9-8-,20-16+/t17-,18-,22-,25?,28+,31+/m0/s1. The second-order valence-electron chi connectivity index (χ2n) is 10.9. The Bertz CT molecular complexity index is 1240. The molecule has 1 unspecified atom stereocenters. The van der Waals surface area contributed by atoms with E-state index in [0.717, 1.165) is 6.92 Å². The van der Waals surface area contributed by atoms with E-state index in [2.05, 4.69) is 6.58 Å². The summed E-state index contributed by atoms with van der Waals surface area (Å²) < 4.78 is 16.9. The molecule has 238 valence electrons. The summed E-state index contributed by atoms with van der Waals surface area (Å²) in [5.74, 6) is -3.06. The average molecular weight is 606 g/mol. The molecular formula is C31H43NO11. The second kappa shape index (κ2) is 15.5. The fraction of sp³-hybridized carbons (Fsp3) is 0.516. The van der Waals surface area contributed by atoms with Crippen LogP contribution < -0.4 is 5.73 Å². The molecule has 0 aromatic heterocycles. The topological polar surface area (TPSA) is 206 Å². The van der Waals surface area contributed by atoms with E-state index in [1.54, 1.807) is 13.8 Å². The lowest BCUT2D eigenvalue weighted by molar-refractivity contribution is -0.231. The molecule has 0 amide bonds. The van der Waals surface area contributed by atoms with Gasteiger partial charge in [-0.2, -0.15) is 0 Å². The van der Waals surface area contributed by atoms with E-state index in [9.17, 15) is 39.9 Å². The Morgan fingerprint density at radius 2 is 1.95 bits per heavy atom. The molecule has 0 aromatic carbocycles. The van der Waals surface area contributed by atoms with Crippen LogP contribution in [0.5, 0.6) is 0 Å². The van der Waals surface area contributed by atoms with Crippen molar-refractivity contribution in [1.29, 1.82) is 0 Å². The van der Waals surface area contributed by atoms with E-state index >= 15 is 0 Å². The smallest absolute Gasteiger partial charge is 0.197 e. The summed E-state index contributed by atoms with van der Waals surface area (Å²) >= 11 is 0. The zero-order valence-electron chi connectivity index (χ0n) is 25.2. The molecule has 0 bridgehead atoms. The zero-order chi connectivity index (χ0) is 32.6. The van der Waals surface area contributed by atoms with Crippen molar-refractivity contribution in [2.75, 3.05) is 20.3 Å². The van der Waals surface area contributed by atoms with Crippen LogP contribution in [0.4, 0.5) is 0 Å². The van der Waals surface area contributed by atoms with Gasteiger partial charge in [0.05, 0.1) is 36.1 Å². The van der Waals surface area contributed by atoms with Crippen molar-refractivity contribution >= 4 is 17.9 Å². The molecule has 1 heterocycles. The minimum Gasteiger partial charge on any atom is -0.511 e.